The van der Waals surface area contributed by atoms with E-state index in [9.17, 15) is 38.7 Å². The molecular weight excluding hydrogens is 1040 g/mol. The monoisotopic (exact) mass is 1090 g/mol. The number of hydrogen-bond acceptors (Lipinski definition) is 18. The molecule has 0 radical (unpaired) electrons. The Labute approximate surface area is 457 Å². The molecule has 2 aliphatic rings. The first kappa shape index (κ1) is 54.8. The van der Waals surface area contributed by atoms with Crippen LogP contribution in [0.5, 0.6) is 0 Å². The highest BCUT2D eigenvalue weighted by molar-refractivity contribution is 8.00. The second kappa shape index (κ2) is 26.4. The molecule has 0 bridgehead atoms. The molecule has 2 fully saturated rings. The van der Waals surface area contributed by atoms with Gasteiger partial charge in [-0.15, -0.1) is 0 Å². The maximum absolute atomic E-state index is 14.4. The van der Waals surface area contributed by atoms with Crippen molar-refractivity contribution >= 4 is 53.5 Å². The molecule has 0 saturated carbocycles. The van der Waals surface area contributed by atoms with Crippen molar-refractivity contribution in [3.8, 4) is 0 Å². The molecule has 1 N–H and O–H groups in total. The number of aliphatic hydroxyl groups is 1. The van der Waals surface area contributed by atoms with Crippen LogP contribution in [0.4, 0.5) is 0 Å². The van der Waals surface area contributed by atoms with Crippen LogP contribution < -0.4 is 0 Å². The van der Waals surface area contributed by atoms with Crippen molar-refractivity contribution in [1.29, 1.82) is 0 Å². The molecule has 18 heteroatoms. The van der Waals surface area contributed by atoms with Crippen LogP contribution in [0.15, 0.2) is 212 Å². The van der Waals surface area contributed by atoms with Crippen molar-refractivity contribution in [2.45, 2.75) is 59.7 Å². The number of hydrogen-bond donors (Lipinski definition) is 1. The lowest BCUT2D eigenvalue weighted by atomic mass is 9.98. The first-order valence-corrected chi connectivity index (χ1v) is 25.8. The summed E-state index contributed by atoms with van der Waals surface area (Å²) in [5, 5.41) is 12.6. The van der Waals surface area contributed by atoms with E-state index in [2.05, 4.69) is 0 Å². The quantitative estimate of drug-likeness (QED) is 0.0629. The first-order chi connectivity index (χ1) is 38.5. The first-order valence-electron chi connectivity index (χ1n) is 24.9. The number of esters is 7. The predicted molar refractivity (Wildman–Crippen MR) is 283 cm³/mol. The van der Waals surface area contributed by atoms with Gasteiger partial charge in [-0.2, -0.15) is 0 Å². The summed E-state index contributed by atoms with van der Waals surface area (Å²) in [6.45, 7) is -1.33. The van der Waals surface area contributed by atoms with Crippen LogP contribution in [0, 0.1) is 0 Å². The van der Waals surface area contributed by atoms with Gasteiger partial charge < -0.3 is 47.7 Å². The fourth-order valence-electron chi connectivity index (χ4n) is 8.53. The van der Waals surface area contributed by atoms with E-state index in [0.29, 0.717) is 11.8 Å². The van der Waals surface area contributed by atoms with E-state index in [1.165, 1.54) is 84.9 Å². The number of thioether (sulfide) groups is 1. The molecule has 0 spiro atoms. The zero-order chi connectivity index (χ0) is 55.1. The Bertz CT molecular complexity index is 3170. The Morgan fingerprint density at radius 2 is 0.557 bits per heavy atom. The highest BCUT2D eigenvalue weighted by Gasteiger charge is 2.57. The molecule has 79 heavy (non-hydrogen) atoms. The van der Waals surface area contributed by atoms with E-state index in [1.807, 2.05) is 0 Å². The minimum atomic E-state index is -1.96. The van der Waals surface area contributed by atoms with E-state index in [0.717, 1.165) is 0 Å². The summed E-state index contributed by atoms with van der Waals surface area (Å²) < 4.78 is 55.8. The van der Waals surface area contributed by atoms with Gasteiger partial charge in [0.05, 0.1) is 38.9 Å². The van der Waals surface area contributed by atoms with Gasteiger partial charge in [0.15, 0.2) is 30.5 Å². The maximum atomic E-state index is 14.4. The summed E-state index contributed by atoms with van der Waals surface area (Å²) in [5.74, 6) is -6.31. The van der Waals surface area contributed by atoms with Crippen molar-refractivity contribution in [3.63, 3.8) is 0 Å². The Balaban J connectivity index is 1.14. The summed E-state index contributed by atoms with van der Waals surface area (Å²) in [5.41, 5.74) is -2.70. The van der Waals surface area contributed by atoms with Gasteiger partial charge in [0.25, 0.3) is 0 Å². The molecule has 9 rings (SSSR count). The van der Waals surface area contributed by atoms with Gasteiger partial charge in [0.2, 0.25) is 0 Å². The standard InChI is InChI=1S/C61H50O17S/c62-47-50(76-57(67)42-30-16-5-17-31-42)48(74-55(65)40-26-12-3-13-27-40)45(36-70-53(63)38-22-8-1-9-23-38)72-60(47)79-61-52(78-59(69)44-34-20-7-21-35-44)51(77-58(68)43-32-18-6-19-33-43)49(75-56(66)41-28-14-4-15-29-41)46(73-61)37-71-54(64)39-24-10-2-11-25-39/h1-35,45-52,60-62H,36-37H2/t45-,46-,47+,48-,49-,50-,51+,52-,60-,61+/m1/s1. The average molecular weight is 1090 g/mol. The molecule has 2 saturated heterocycles. The number of carbonyl (C=O) groups is 7. The van der Waals surface area contributed by atoms with Crippen molar-refractivity contribution in [2.75, 3.05) is 13.2 Å². The fraction of sp³-hybridized carbons (Fsp3) is 0.197. The van der Waals surface area contributed by atoms with Crippen LogP contribution in [0.1, 0.15) is 72.5 Å². The highest BCUT2D eigenvalue weighted by Crippen LogP contribution is 2.42. The largest absolute Gasteiger partial charge is 0.459 e. The van der Waals surface area contributed by atoms with Gasteiger partial charge in [-0.05, 0) is 84.9 Å². The van der Waals surface area contributed by atoms with Crippen LogP contribution in [0.2, 0.25) is 0 Å². The molecule has 402 valence electrons. The molecule has 0 aliphatic carbocycles. The van der Waals surface area contributed by atoms with Crippen LogP contribution in [0.25, 0.3) is 0 Å². The second-order valence-electron chi connectivity index (χ2n) is 17.8. The fourth-order valence-corrected chi connectivity index (χ4v) is 9.89. The summed E-state index contributed by atoms with van der Waals surface area (Å²) in [7, 11) is 0. The van der Waals surface area contributed by atoms with E-state index < -0.39 is 115 Å². The van der Waals surface area contributed by atoms with Crippen LogP contribution >= 0.6 is 11.8 Å². The SMILES string of the molecule is O=C(OC[C@H]1O[C@@H](S[C@H]2O[C@H](COC(=O)c3ccccc3)[C@@H](OC(=O)c3ccccc3)[C@H](OC(=O)c3ccccc3)[C@@H]2O)[C@H](OC(=O)c2ccccc2)[C@@H](OC(=O)c2ccccc2)[C@@H]1OC(=O)c1ccccc1)c1ccccc1. The molecule has 7 aromatic rings. The van der Waals surface area contributed by atoms with Crippen LogP contribution in [0.3, 0.4) is 0 Å². The lowest BCUT2D eigenvalue weighted by Crippen LogP contribution is -2.64. The number of aliphatic hydroxyl groups excluding tert-OH is 1. The number of ether oxygens (including phenoxy) is 9. The van der Waals surface area contributed by atoms with Gasteiger partial charge in [0, 0.05) is 0 Å². The Morgan fingerprint density at radius 1 is 0.316 bits per heavy atom. The van der Waals surface area contributed by atoms with Crippen molar-refractivity contribution in [3.05, 3.63) is 251 Å². The summed E-state index contributed by atoms with van der Waals surface area (Å²) in [4.78, 5) is 98.1. The highest BCUT2D eigenvalue weighted by atomic mass is 32.2. The third kappa shape index (κ3) is 14.0. The molecule has 0 unspecified atom stereocenters. The molecule has 7 aromatic carbocycles. The smallest absolute Gasteiger partial charge is 0.338 e. The van der Waals surface area contributed by atoms with Crippen LogP contribution in [-0.2, 0) is 42.6 Å². The van der Waals surface area contributed by atoms with Crippen LogP contribution in [-0.4, -0.2) is 120 Å². The van der Waals surface area contributed by atoms with Gasteiger partial charge in [-0.1, -0.05) is 139 Å². The predicted octanol–water partition coefficient (Wildman–Crippen LogP) is 8.37. The van der Waals surface area contributed by atoms with Gasteiger partial charge >= 0.3 is 41.8 Å². The molecule has 0 amide bonds. The lowest BCUT2D eigenvalue weighted by Gasteiger charge is -2.47. The van der Waals surface area contributed by atoms with Crippen molar-refractivity contribution in [1.82, 2.24) is 0 Å². The zero-order valence-electron chi connectivity index (χ0n) is 41.8. The lowest BCUT2D eigenvalue weighted by molar-refractivity contribution is -0.215. The zero-order valence-corrected chi connectivity index (χ0v) is 42.6. The number of carbonyl (C=O) groups excluding carboxylic acids is 7. The minimum Gasteiger partial charge on any atom is -0.459 e. The van der Waals surface area contributed by atoms with E-state index in [4.69, 9.17) is 42.6 Å². The molecule has 2 heterocycles. The minimum absolute atomic E-state index is 0.0429. The Hall–Kier alpha value is -8.94. The molecule has 10 atom stereocenters. The van der Waals surface area contributed by atoms with Gasteiger partial charge in [-0.3, -0.25) is 0 Å². The number of benzene rings is 7. The number of rotatable bonds is 18. The maximum Gasteiger partial charge on any atom is 0.338 e. The molecular formula is C61H50O17S. The topological polar surface area (TPSA) is 223 Å². The Kier molecular flexibility index (Phi) is 18.3. The summed E-state index contributed by atoms with van der Waals surface area (Å²) >= 11 is 0.635. The normalized spacial score (nSPS) is 22.4. The second-order valence-corrected chi connectivity index (χ2v) is 19.0. The van der Waals surface area contributed by atoms with Gasteiger partial charge in [0.1, 0.15) is 42.4 Å². The van der Waals surface area contributed by atoms with E-state index >= 15 is 0 Å². The van der Waals surface area contributed by atoms with E-state index in [-0.39, 0.29) is 38.9 Å². The van der Waals surface area contributed by atoms with Gasteiger partial charge in [-0.25, -0.2) is 33.6 Å². The Morgan fingerprint density at radius 3 is 0.873 bits per heavy atom. The van der Waals surface area contributed by atoms with Crippen molar-refractivity contribution in [2.24, 2.45) is 0 Å². The van der Waals surface area contributed by atoms with Crippen molar-refractivity contribution < 1.29 is 81.3 Å². The average Bonchev–Trinajstić information content (AvgIpc) is 3.62. The molecule has 0 aromatic heterocycles. The third-order valence-electron chi connectivity index (χ3n) is 12.5. The summed E-state index contributed by atoms with van der Waals surface area (Å²) in [6.07, 6.45) is -13.8. The molecule has 17 nitrogen and oxygen atoms in total. The van der Waals surface area contributed by atoms with E-state index in [1.54, 1.807) is 127 Å². The summed E-state index contributed by atoms with van der Waals surface area (Å²) in [6, 6.07) is 55.0. The third-order valence-corrected chi connectivity index (χ3v) is 13.8. The molecule has 2 aliphatic heterocycles.